The lowest BCUT2D eigenvalue weighted by Crippen LogP contribution is -2.37. The van der Waals surface area contributed by atoms with Gasteiger partial charge in [-0.3, -0.25) is 4.79 Å². The molecule has 0 aliphatic heterocycles. The number of rotatable bonds is 9. The Morgan fingerprint density at radius 2 is 1.96 bits per heavy atom. The topological polar surface area (TPSA) is 58.1 Å². The number of benzene rings is 1. The van der Waals surface area contributed by atoms with Crippen molar-refractivity contribution in [3.8, 4) is 0 Å². The number of carbonyl (C=O) groups is 1. The maximum atomic E-state index is 12.0. The van der Waals surface area contributed by atoms with Gasteiger partial charge in [-0.2, -0.15) is 4.37 Å². The van der Waals surface area contributed by atoms with Crippen LogP contribution in [0, 0.1) is 0 Å². The fourth-order valence-corrected chi connectivity index (χ4v) is 3.30. The van der Waals surface area contributed by atoms with Crippen molar-refractivity contribution in [1.29, 1.82) is 0 Å². The largest absolute Gasteiger partial charge is 0.354 e. The highest BCUT2D eigenvalue weighted by Crippen LogP contribution is 2.21. The highest BCUT2D eigenvalue weighted by molar-refractivity contribution is 7.09. The van der Waals surface area contributed by atoms with Gasteiger partial charge in [0.2, 0.25) is 11.0 Å². The zero-order valence-electron chi connectivity index (χ0n) is 15.5. The van der Waals surface area contributed by atoms with Crippen molar-refractivity contribution in [3.63, 3.8) is 0 Å². The minimum Gasteiger partial charge on any atom is -0.354 e. The van der Waals surface area contributed by atoms with E-state index in [0.29, 0.717) is 13.0 Å². The Hall–Kier alpha value is -1.95. The highest BCUT2D eigenvalue weighted by atomic mass is 32.1. The third-order valence-corrected chi connectivity index (χ3v) is 4.92. The molecule has 6 heteroatoms. The second-order valence-corrected chi connectivity index (χ2v) is 7.30. The summed E-state index contributed by atoms with van der Waals surface area (Å²) in [4.78, 5) is 18.9. The molecule has 2 rings (SSSR count). The van der Waals surface area contributed by atoms with Crippen molar-refractivity contribution in [3.05, 3.63) is 41.7 Å². The van der Waals surface area contributed by atoms with E-state index in [2.05, 4.69) is 52.5 Å². The number of aromatic nitrogens is 2. The molecule has 136 valence electrons. The molecule has 5 nitrogen and oxygen atoms in total. The molecule has 2 aromatic rings. The van der Waals surface area contributed by atoms with E-state index in [4.69, 9.17) is 0 Å². The number of amides is 1. The first-order valence-electron chi connectivity index (χ1n) is 8.92. The predicted molar refractivity (Wildman–Crippen MR) is 104 cm³/mol. The summed E-state index contributed by atoms with van der Waals surface area (Å²) in [5, 5.41) is 3.90. The van der Waals surface area contributed by atoms with Crippen LogP contribution in [0.3, 0.4) is 0 Å². The van der Waals surface area contributed by atoms with Gasteiger partial charge in [0.15, 0.2) is 0 Å². The molecule has 0 aliphatic carbocycles. The van der Waals surface area contributed by atoms with E-state index in [1.165, 1.54) is 17.1 Å². The van der Waals surface area contributed by atoms with Gasteiger partial charge in [0.05, 0.1) is 0 Å². The number of nitrogens with zero attached hydrogens (tertiary/aromatic N) is 3. The van der Waals surface area contributed by atoms with Crippen molar-refractivity contribution >= 4 is 22.6 Å². The molecular formula is C19H28N4OS. The quantitative estimate of drug-likeness (QED) is 0.741. The molecule has 0 aliphatic rings. The Labute approximate surface area is 154 Å². The SMILES string of the molecule is CCC(C)NC(=O)CCN(c1nc(Cc2ccccc2)ns1)C(C)C. The monoisotopic (exact) mass is 360 g/mol. The van der Waals surface area contributed by atoms with E-state index in [9.17, 15) is 4.79 Å². The first kappa shape index (κ1) is 19.4. The third kappa shape index (κ3) is 6.12. The van der Waals surface area contributed by atoms with Crippen LogP contribution in [-0.2, 0) is 11.2 Å². The number of hydrogen-bond acceptors (Lipinski definition) is 5. The summed E-state index contributed by atoms with van der Waals surface area (Å²) in [5.41, 5.74) is 1.20. The van der Waals surface area contributed by atoms with Crippen LogP contribution in [0.15, 0.2) is 30.3 Å². The zero-order valence-corrected chi connectivity index (χ0v) is 16.3. The highest BCUT2D eigenvalue weighted by Gasteiger charge is 2.17. The van der Waals surface area contributed by atoms with Gasteiger partial charge in [-0.15, -0.1) is 0 Å². The van der Waals surface area contributed by atoms with Gasteiger partial charge in [0.25, 0.3) is 0 Å². The molecule has 1 aromatic carbocycles. The molecule has 0 bridgehead atoms. The van der Waals surface area contributed by atoms with Crippen LogP contribution in [0.25, 0.3) is 0 Å². The lowest BCUT2D eigenvalue weighted by molar-refractivity contribution is -0.121. The van der Waals surface area contributed by atoms with Crippen LogP contribution in [0.2, 0.25) is 0 Å². The van der Waals surface area contributed by atoms with E-state index in [1.54, 1.807) is 0 Å². The summed E-state index contributed by atoms with van der Waals surface area (Å²) >= 11 is 1.41. The average Bonchev–Trinajstić information content (AvgIpc) is 3.03. The molecule has 0 radical (unpaired) electrons. The molecule has 0 saturated carbocycles. The summed E-state index contributed by atoms with van der Waals surface area (Å²) in [6.07, 6.45) is 2.15. The first-order chi connectivity index (χ1) is 12.0. The minimum absolute atomic E-state index is 0.0917. The Bertz CT molecular complexity index is 656. The Morgan fingerprint density at radius 3 is 2.60 bits per heavy atom. The summed E-state index contributed by atoms with van der Waals surface area (Å²) in [7, 11) is 0. The van der Waals surface area contributed by atoms with Gasteiger partial charge in [-0.1, -0.05) is 37.3 Å². The van der Waals surface area contributed by atoms with Crippen molar-refractivity contribution in [2.45, 2.75) is 59.0 Å². The van der Waals surface area contributed by atoms with Gasteiger partial charge in [-0.25, -0.2) is 4.98 Å². The third-order valence-electron chi connectivity index (χ3n) is 4.13. The molecule has 1 amide bonds. The fourth-order valence-electron chi connectivity index (χ4n) is 2.46. The summed E-state index contributed by atoms with van der Waals surface area (Å²) in [6, 6.07) is 10.7. The Balaban J connectivity index is 1.97. The summed E-state index contributed by atoms with van der Waals surface area (Å²) < 4.78 is 4.49. The number of carbonyl (C=O) groups excluding carboxylic acids is 1. The molecule has 25 heavy (non-hydrogen) atoms. The van der Waals surface area contributed by atoms with E-state index in [0.717, 1.165) is 23.8 Å². The van der Waals surface area contributed by atoms with E-state index in [1.807, 2.05) is 25.1 Å². The molecule has 0 fully saturated rings. The van der Waals surface area contributed by atoms with Gasteiger partial charge in [0.1, 0.15) is 5.82 Å². The van der Waals surface area contributed by atoms with Crippen LogP contribution in [-0.4, -0.2) is 33.9 Å². The molecule has 1 unspecified atom stereocenters. The summed E-state index contributed by atoms with van der Waals surface area (Å²) in [5.74, 6) is 0.926. The zero-order chi connectivity index (χ0) is 18.2. The van der Waals surface area contributed by atoms with Crippen molar-refractivity contribution in [1.82, 2.24) is 14.7 Å². The molecular weight excluding hydrogens is 332 g/mol. The number of anilines is 1. The standard InChI is InChI=1S/C19H28N4OS/c1-5-15(4)20-18(24)11-12-23(14(2)3)19-21-17(22-25-19)13-16-9-7-6-8-10-16/h6-10,14-15H,5,11-13H2,1-4H3,(H,20,24). The lowest BCUT2D eigenvalue weighted by atomic mass is 10.1. The molecule has 1 atom stereocenters. The van der Waals surface area contributed by atoms with Gasteiger partial charge in [0, 0.05) is 43.0 Å². The lowest BCUT2D eigenvalue weighted by Gasteiger charge is -2.25. The van der Waals surface area contributed by atoms with Crippen LogP contribution in [0.1, 0.15) is 51.9 Å². The van der Waals surface area contributed by atoms with Gasteiger partial charge < -0.3 is 10.2 Å². The maximum Gasteiger partial charge on any atom is 0.221 e. The van der Waals surface area contributed by atoms with Crippen molar-refractivity contribution in [2.75, 3.05) is 11.4 Å². The second kappa shape index (κ2) is 9.51. The Kier molecular flexibility index (Phi) is 7.37. The molecule has 0 spiro atoms. The molecule has 1 N–H and O–H groups in total. The van der Waals surface area contributed by atoms with E-state index in [-0.39, 0.29) is 18.0 Å². The summed E-state index contributed by atoms with van der Waals surface area (Å²) in [6.45, 7) is 8.98. The normalized spacial score (nSPS) is 12.2. The average molecular weight is 361 g/mol. The van der Waals surface area contributed by atoms with Crippen LogP contribution in [0.5, 0.6) is 0 Å². The fraction of sp³-hybridized carbons (Fsp3) is 0.526. The number of hydrogen-bond donors (Lipinski definition) is 1. The van der Waals surface area contributed by atoms with Crippen molar-refractivity contribution < 1.29 is 4.79 Å². The number of nitrogens with one attached hydrogen (secondary N) is 1. The van der Waals surface area contributed by atoms with Crippen LogP contribution in [0.4, 0.5) is 5.13 Å². The van der Waals surface area contributed by atoms with Crippen LogP contribution >= 0.6 is 11.5 Å². The molecule has 1 aromatic heterocycles. The predicted octanol–water partition coefficient (Wildman–Crippen LogP) is 3.65. The molecule has 0 saturated heterocycles. The van der Waals surface area contributed by atoms with Gasteiger partial charge in [-0.05, 0) is 32.8 Å². The Morgan fingerprint density at radius 1 is 1.24 bits per heavy atom. The van der Waals surface area contributed by atoms with Crippen LogP contribution < -0.4 is 10.2 Å². The second-order valence-electron chi connectivity index (χ2n) is 6.57. The van der Waals surface area contributed by atoms with E-state index < -0.39 is 0 Å². The maximum absolute atomic E-state index is 12.0. The van der Waals surface area contributed by atoms with Crippen molar-refractivity contribution in [2.24, 2.45) is 0 Å². The molecule has 1 heterocycles. The van der Waals surface area contributed by atoms with Gasteiger partial charge >= 0.3 is 0 Å². The minimum atomic E-state index is 0.0917. The van der Waals surface area contributed by atoms with E-state index >= 15 is 0 Å². The smallest absolute Gasteiger partial charge is 0.221 e. The first-order valence-corrected chi connectivity index (χ1v) is 9.69.